The fraction of sp³-hybridized carbons (Fsp3) is 0.909. The minimum Gasteiger partial charge on any atom is -0.351 e. The summed E-state index contributed by atoms with van der Waals surface area (Å²) in [4.78, 5) is 19.0. The molecule has 2 aliphatic heterocycles. The number of piperidine rings is 1. The van der Waals surface area contributed by atoms with E-state index >= 15 is 0 Å². The van der Waals surface area contributed by atoms with Gasteiger partial charge in [-0.1, -0.05) is 0 Å². The Morgan fingerprint density at radius 3 is 2.69 bits per heavy atom. The molecule has 0 unspecified atom stereocenters. The second kappa shape index (κ2) is 5.50. The normalized spacial score (nSPS) is 27.8. The van der Waals surface area contributed by atoms with Crippen molar-refractivity contribution >= 4 is 6.09 Å². The van der Waals surface area contributed by atoms with Gasteiger partial charge in [0, 0.05) is 32.2 Å². The maximum Gasteiger partial charge on any atom is 0.428 e. The minimum absolute atomic E-state index is 0.172. The second-order valence-electron chi connectivity index (χ2n) is 4.65. The first-order chi connectivity index (χ1) is 7.75. The van der Waals surface area contributed by atoms with Crippen LogP contribution in [0.5, 0.6) is 0 Å². The SMILES string of the molecule is C[C@H]1CN(OC(=O)N2CCCCC2)CCN1. The summed E-state index contributed by atoms with van der Waals surface area (Å²) in [7, 11) is 0. The largest absolute Gasteiger partial charge is 0.428 e. The molecule has 1 N–H and O–H groups in total. The number of nitrogens with zero attached hydrogens (tertiary/aromatic N) is 2. The number of carbonyl (C=O) groups excluding carboxylic acids is 1. The number of carbonyl (C=O) groups is 1. The number of nitrogens with one attached hydrogen (secondary N) is 1. The lowest BCUT2D eigenvalue weighted by molar-refractivity contribution is -0.126. The summed E-state index contributed by atoms with van der Waals surface area (Å²) in [5.74, 6) is 0. The first-order valence-electron chi connectivity index (χ1n) is 6.21. The van der Waals surface area contributed by atoms with Gasteiger partial charge in [0.15, 0.2) is 0 Å². The Labute approximate surface area is 96.7 Å². The number of hydrogen-bond donors (Lipinski definition) is 1. The Bertz CT molecular complexity index is 241. The summed E-state index contributed by atoms with van der Waals surface area (Å²) in [6, 6.07) is 0.392. The van der Waals surface area contributed by atoms with Crippen molar-refractivity contribution in [2.24, 2.45) is 0 Å². The molecule has 1 amide bonds. The lowest BCUT2D eigenvalue weighted by atomic mass is 10.1. The van der Waals surface area contributed by atoms with Gasteiger partial charge in [0.2, 0.25) is 0 Å². The van der Waals surface area contributed by atoms with E-state index in [9.17, 15) is 4.79 Å². The van der Waals surface area contributed by atoms with Crippen molar-refractivity contribution in [1.29, 1.82) is 0 Å². The molecule has 92 valence electrons. The van der Waals surface area contributed by atoms with E-state index in [1.54, 1.807) is 5.06 Å². The number of hydrogen-bond acceptors (Lipinski definition) is 4. The zero-order valence-corrected chi connectivity index (χ0v) is 9.95. The van der Waals surface area contributed by atoms with E-state index in [2.05, 4.69) is 12.2 Å². The Hall–Kier alpha value is -0.810. The average molecular weight is 227 g/mol. The molecule has 1 atom stereocenters. The minimum atomic E-state index is -0.172. The van der Waals surface area contributed by atoms with E-state index in [0.29, 0.717) is 6.04 Å². The van der Waals surface area contributed by atoms with Crippen molar-refractivity contribution < 1.29 is 9.63 Å². The number of hydroxylamine groups is 2. The first kappa shape index (κ1) is 11.7. The van der Waals surface area contributed by atoms with Crippen molar-refractivity contribution in [2.75, 3.05) is 32.7 Å². The van der Waals surface area contributed by atoms with Crippen LogP contribution in [0.3, 0.4) is 0 Å². The maximum atomic E-state index is 11.8. The summed E-state index contributed by atoms with van der Waals surface area (Å²) in [6.45, 7) is 6.24. The van der Waals surface area contributed by atoms with E-state index in [1.807, 2.05) is 4.90 Å². The van der Waals surface area contributed by atoms with Gasteiger partial charge in [-0.2, -0.15) is 0 Å². The molecule has 2 heterocycles. The van der Waals surface area contributed by atoms with Gasteiger partial charge in [-0.3, -0.25) is 0 Å². The van der Waals surface area contributed by atoms with Crippen LogP contribution in [0.15, 0.2) is 0 Å². The van der Waals surface area contributed by atoms with Crippen molar-refractivity contribution in [1.82, 2.24) is 15.3 Å². The van der Waals surface area contributed by atoms with Crippen molar-refractivity contribution in [3.63, 3.8) is 0 Å². The highest BCUT2D eigenvalue weighted by Crippen LogP contribution is 2.11. The molecule has 5 nitrogen and oxygen atoms in total. The third-order valence-electron chi connectivity index (χ3n) is 3.15. The molecule has 2 rings (SSSR count). The van der Waals surface area contributed by atoms with Crippen LogP contribution in [0.1, 0.15) is 26.2 Å². The zero-order valence-electron chi connectivity index (χ0n) is 9.95. The van der Waals surface area contributed by atoms with Gasteiger partial charge in [-0.15, -0.1) is 5.06 Å². The summed E-state index contributed by atoms with van der Waals surface area (Å²) in [5, 5.41) is 5.09. The van der Waals surface area contributed by atoms with Crippen LogP contribution in [-0.2, 0) is 4.84 Å². The number of amides is 1. The molecule has 2 fully saturated rings. The lowest BCUT2D eigenvalue weighted by Crippen LogP contribution is -2.51. The summed E-state index contributed by atoms with van der Waals surface area (Å²) >= 11 is 0. The van der Waals surface area contributed by atoms with Gasteiger partial charge >= 0.3 is 6.09 Å². The number of likely N-dealkylation sites (tertiary alicyclic amines) is 1. The van der Waals surface area contributed by atoms with Gasteiger partial charge in [-0.25, -0.2) is 4.79 Å². The fourth-order valence-corrected chi connectivity index (χ4v) is 2.22. The molecule has 2 aliphatic rings. The maximum absolute atomic E-state index is 11.8. The molecule has 0 aromatic heterocycles. The summed E-state index contributed by atoms with van der Waals surface area (Å²) in [6.07, 6.45) is 3.27. The highest BCUT2D eigenvalue weighted by atomic mass is 16.7. The van der Waals surface area contributed by atoms with Gasteiger partial charge in [0.1, 0.15) is 0 Å². The van der Waals surface area contributed by atoms with E-state index in [0.717, 1.165) is 45.6 Å². The second-order valence-corrected chi connectivity index (χ2v) is 4.65. The highest BCUT2D eigenvalue weighted by Gasteiger charge is 2.23. The number of piperazine rings is 1. The Kier molecular flexibility index (Phi) is 4.01. The van der Waals surface area contributed by atoms with Crippen molar-refractivity contribution in [2.45, 2.75) is 32.2 Å². The van der Waals surface area contributed by atoms with E-state index in [-0.39, 0.29) is 6.09 Å². The van der Waals surface area contributed by atoms with Crippen LogP contribution in [0.2, 0.25) is 0 Å². The average Bonchev–Trinajstić information content (AvgIpc) is 2.30. The van der Waals surface area contributed by atoms with Crippen molar-refractivity contribution in [3.05, 3.63) is 0 Å². The molecule has 0 saturated carbocycles. The van der Waals surface area contributed by atoms with Crippen molar-refractivity contribution in [3.8, 4) is 0 Å². The highest BCUT2D eigenvalue weighted by molar-refractivity contribution is 5.67. The van der Waals surface area contributed by atoms with Crippen LogP contribution in [-0.4, -0.2) is 54.8 Å². The standard InChI is InChI=1S/C11H21N3O2/c1-10-9-14(8-5-12-10)16-11(15)13-6-3-2-4-7-13/h10,12H,2-9H2,1H3/t10-/m0/s1. The fourth-order valence-electron chi connectivity index (χ4n) is 2.22. The lowest BCUT2D eigenvalue weighted by Gasteiger charge is -2.33. The van der Waals surface area contributed by atoms with Crippen LogP contribution in [0.25, 0.3) is 0 Å². The topological polar surface area (TPSA) is 44.8 Å². The van der Waals surface area contributed by atoms with Crippen LogP contribution < -0.4 is 5.32 Å². The molecule has 0 aliphatic carbocycles. The van der Waals surface area contributed by atoms with E-state index in [1.165, 1.54) is 6.42 Å². The Balaban J connectivity index is 1.77. The molecule has 0 radical (unpaired) electrons. The molecule has 0 aromatic rings. The van der Waals surface area contributed by atoms with Crippen LogP contribution in [0, 0.1) is 0 Å². The predicted octanol–water partition coefficient (Wildman–Crippen LogP) is 0.818. The molecule has 0 spiro atoms. The molecule has 5 heteroatoms. The molecule has 0 bridgehead atoms. The van der Waals surface area contributed by atoms with Gasteiger partial charge in [-0.05, 0) is 26.2 Å². The monoisotopic (exact) mass is 227 g/mol. The third kappa shape index (κ3) is 3.09. The number of rotatable bonds is 1. The zero-order chi connectivity index (χ0) is 11.4. The predicted molar refractivity (Wildman–Crippen MR) is 60.9 cm³/mol. The Morgan fingerprint density at radius 2 is 2.00 bits per heavy atom. The summed E-state index contributed by atoms with van der Waals surface area (Å²) < 4.78 is 0. The van der Waals surface area contributed by atoms with E-state index in [4.69, 9.17) is 4.84 Å². The van der Waals surface area contributed by atoms with Gasteiger partial charge in [0.05, 0.1) is 6.54 Å². The van der Waals surface area contributed by atoms with E-state index < -0.39 is 0 Å². The third-order valence-corrected chi connectivity index (χ3v) is 3.15. The van der Waals surface area contributed by atoms with Gasteiger partial charge < -0.3 is 15.1 Å². The molecule has 16 heavy (non-hydrogen) atoms. The van der Waals surface area contributed by atoms with Crippen LogP contribution >= 0.6 is 0 Å². The first-order valence-corrected chi connectivity index (χ1v) is 6.21. The molecular weight excluding hydrogens is 206 g/mol. The summed E-state index contributed by atoms with van der Waals surface area (Å²) in [5.41, 5.74) is 0. The molecular formula is C11H21N3O2. The Morgan fingerprint density at radius 1 is 1.25 bits per heavy atom. The molecule has 2 saturated heterocycles. The van der Waals surface area contributed by atoms with Crippen LogP contribution in [0.4, 0.5) is 4.79 Å². The quantitative estimate of drug-likeness (QED) is 0.720. The van der Waals surface area contributed by atoms with Gasteiger partial charge in [0.25, 0.3) is 0 Å². The smallest absolute Gasteiger partial charge is 0.351 e. The molecule has 0 aromatic carbocycles.